The molecule has 0 aliphatic carbocycles. The van der Waals surface area contributed by atoms with Crippen molar-refractivity contribution >= 4 is 27.1 Å². The van der Waals surface area contributed by atoms with Gasteiger partial charge in [0.2, 0.25) is 5.82 Å². The maximum Gasteiger partial charge on any atom is 0.451 e. The standard InChI is InChI=1S/C28H30F3N5O4S2/c1-4-42(38,39)22-6-5-21(32-15-22)14-33-25(37)23-12-19-11-17(2)40-27(24(19)41-23)7-9-36(10-8-27)16-20-13-34-26(28(29,30)31)35-18(20)3/h5-6,12-13,15H,2,4,7-11,14,16H2,1,3H3,(H,33,37). The van der Waals surface area contributed by atoms with Crippen LogP contribution in [-0.4, -0.2) is 53.0 Å². The quantitative estimate of drug-likeness (QED) is 0.409. The van der Waals surface area contributed by atoms with Crippen LogP contribution in [0, 0.1) is 6.92 Å². The van der Waals surface area contributed by atoms with E-state index in [1.807, 2.05) is 6.07 Å². The first-order chi connectivity index (χ1) is 19.8. The Hall–Kier alpha value is -3.36. The molecule has 3 aromatic rings. The summed E-state index contributed by atoms with van der Waals surface area (Å²) in [5, 5.41) is 2.86. The second kappa shape index (κ2) is 11.4. The molecule has 14 heteroatoms. The molecular formula is C28H30F3N5O4S2. The highest BCUT2D eigenvalue weighted by Crippen LogP contribution is 2.48. The van der Waals surface area contributed by atoms with Gasteiger partial charge >= 0.3 is 6.18 Å². The van der Waals surface area contributed by atoms with E-state index in [4.69, 9.17) is 4.74 Å². The fourth-order valence-electron chi connectivity index (χ4n) is 5.18. The number of rotatable bonds is 7. The molecule has 0 atom stereocenters. The van der Waals surface area contributed by atoms with Crippen molar-refractivity contribution in [2.75, 3.05) is 18.8 Å². The molecule has 224 valence electrons. The van der Waals surface area contributed by atoms with Crippen molar-refractivity contribution in [3.05, 3.63) is 81.0 Å². The van der Waals surface area contributed by atoms with Gasteiger partial charge in [0, 0.05) is 62.5 Å². The Morgan fingerprint density at radius 2 is 1.95 bits per heavy atom. The second-order valence-electron chi connectivity index (χ2n) is 10.4. The number of pyridine rings is 1. The van der Waals surface area contributed by atoms with Crippen LogP contribution >= 0.6 is 11.3 Å². The molecule has 0 saturated carbocycles. The van der Waals surface area contributed by atoms with Gasteiger partial charge < -0.3 is 10.1 Å². The van der Waals surface area contributed by atoms with E-state index in [0.717, 1.165) is 10.4 Å². The number of sulfone groups is 1. The fraction of sp³-hybridized carbons (Fsp3) is 0.429. The molecule has 2 aliphatic rings. The van der Waals surface area contributed by atoms with Gasteiger partial charge in [-0.25, -0.2) is 18.4 Å². The van der Waals surface area contributed by atoms with E-state index in [-0.39, 0.29) is 23.1 Å². The highest BCUT2D eigenvalue weighted by atomic mass is 32.2. The number of fused-ring (bicyclic) bond motifs is 2. The smallest absolute Gasteiger partial charge is 0.451 e. The van der Waals surface area contributed by atoms with Gasteiger partial charge in [0.25, 0.3) is 5.91 Å². The van der Waals surface area contributed by atoms with E-state index in [2.05, 4.69) is 31.7 Å². The van der Waals surface area contributed by atoms with E-state index < -0.39 is 27.4 Å². The lowest BCUT2D eigenvalue weighted by Crippen LogP contribution is -2.45. The SMILES string of the molecule is C=C1Cc2cc(C(=O)NCc3ccc(S(=O)(=O)CC)cn3)sc2C2(CCN(Cc3cnc(C(F)(F)F)nc3C)CC2)O1. The van der Waals surface area contributed by atoms with Crippen LogP contribution in [0.3, 0.4) is 0 Å². The summed E-state index contributed by atoms with van der Waals surface area (Å²) >= 11 is 1.38. The normalized spacial score (nSPS) is 17.1. The molecule has 0 aromatic carbocycles. The molecule has 9 nitrogen and oxygen atoms in total. The number of ether oxygens (including phenoxy) is 1. The number of amides is 1. The van der Waals surface area contributed by atoms with E-state index in [1.165, 1.54) is 29.8 Å². The molecule has 5 rings (SSSR count). The number of halogens is 3. The minimum absolute atomic E-state index is 0.0166. The van der Waals surface area contributed by atoms with Gasteiger partial charge in [-0.3, -0.25) is 14.7 Å². The first-order valence-corrected chi connectivity index (χ1v) is 15.8. The van der Waals surface area contributed by atoms with Crippen molar-refractivity contribution < 1.29 is 31.1 Å². The second-order valence-corrected chi connectivity index (χ2v) is 13.8. The molecule has 1 amide bonds. The summed E-state index contributed by atoms with van der Waals surface area (Å²) in [5.74, 6) is -0.800. The highest BCUT2D eigenvalue weighted by molar-refractivity contribution is 7.91. The van der Waals surface area contributed by atoms with Crippen LogP contribution in [0.5, 0.6) is 0 Å². The third-order valence-corrected chi connectivity index (χ3v) is 10.6. The van der Waals surface area contributed by atoms with Gasteiger partial charge in [-0.05, 0) is 30.7 Å². The Morgan fingerprint density at radius 1 is 1.21 bits per heavy atom. The molecule has 5 heterocycles. The van der Waals surface area contributed by atoms with Crippen LogP contribution in [0.4, 0.5) is 13.2 Å². The Bertz CT molecular complexity index is 1610. The third-order valence-electron chi connectivity index (χ3n) is 7.53. The Kier molecular flexibility index (Phi) is 8.16. The summed E-state index contributed by atoms with van der Waals surface area (Å²) in [6.07, 6.45) is -0.293. The fourth-order valence-corrected chi connectivity index (χ4v) is 7.28. The number of alkyl halides is 3. The number of hydrogen-bond donors (Lipinski definition) is 1. The van der Waals surface area contributed by atoms with Crippen LogP contribution in [-0.2, 0) is 45.9 Å². The molecular weight excluding hydrogens is 591 g/mol. The minimum atomic E-state index is -4.59. The first-order valence-electron chi connectivity index (χ1n) is 13.4. The van der Waals surface area contributed by atoms with Crippen molar-refractivity contribution in [1.29, 1.82) is 0 Å². The maximum absolute atomic E-state index is 13.1. The molecule has 1 saturated heterocycles. The number of carbonyl (C=O) groups excluding carboxylic acids is 1. The third kappa shape index (κ3) is 6.20. The topological polar surface area (TPSA) is 114 Å². The Balaban J connectivity index is 1.24. The van der Waals surface area contributed by atoms with Crippen molar-refractivity contribution in [1.82, 2.24) is 25.2 Å². The van der Waals surface area contributed by atoms with Crippen molar-refractivity contribution in [3.63, 3.8) is 0 Å². The molecule has 42 heavy (non-hydrogen) atoms. The van der Waals surface area contributed by atoms with Crippen molar-refractivity contribution in [2.45, 2.75) is 62.9 Å². The number of aromatic nitrogens is 3. The zero-order chi connectivity index (χ0) is 30.3. The van der Waals surface area contributed by atoms with Gasteiger partial charge in [0.05, 0.1) is 38.4 Å². The van der Waals surface area contributed by atoms with Gasteiger partial charge in [-0.2, -0.15) is 13.2 Å². The predicted molar refractivity (Wildman–Crippen MR) is 149 cm³/mol. The summed E-state index contributed by atoms with van der Waals surface area (Å²) in [7, 11) is -3.35. The Labute approximate surface area is 245 Å². The summed E-state index contributed by atoms with van der Waals surface area (Å²) in [6.45, 7) is 9.00. The lowest BCUT2D eigenvalue weighted by molar-refractivity contribution is -0.145. The van der Waals surface area contributed by atoms with Gasteiger partial charge in [0.1, 0.15) is 5.60 Å². The summed E-state index contributed by atoms with van der Waals surface area (Å²) in [4.78, 5) is 28.2. The van der Waals surface area contributed by atoms with Crippen molar-refractivity contribution in [3.8, 4) is 0 Å². The number of nitrogens with zero attached hydrogens (tertiary/aromatic N) is 4. The highest BCUT2D eigenvalue weighted by Gasteiger charge is 2.44. The maximum atomic E-state index is 13.1. The van der Waals surface area contributed by atoms with Crippen LogP contribution in [0.15, 0.2) is 47.8 Å². The van der Waals surface area contributed by atoms with Crippen LogP contribution < -0.4 is 5.32 Å². The molecule has 1 fully saturated rings. The number of likely N-dealkylation sites (tertiary alicyclic amines) is 1. The number of carbonyl (C=O) groups is 1. The zero-order valence-corrected chi connectivity index (χ0v) is 24.8. The molecule has 3 aromatic heterocycles. The van der Waals surface area contributed by atoms with Gasteiger partial charge in [-0.1, -0.05) is 13.5 Å². The van der Waals surface area contributed by atoms with E-state index in [9.17, 15) is 26.4 Å². The van der Waals surface area contributed by atoms with Gasteiger partial charge in [-0.15, -0.1) is 11.3 Å². The van der Waals surface area contributed by atoms with Crippen LogP contribution in [0.2, 0.25) is 0 Å². The van der Waals surface area contributed by atoms with Crippen LogP contribution in [0.25, 0.3) is 0 Å². The number of hydrogen-bond acceptors (Lipinski definition) is 9. The molecule has 0 unspecified atom stereocenters. The largest absolute Gasteiger partial charge is 0.486 e. The van der Waals surface area contributed by atoms with Crippen molar-refractivity contribution in [2.24, 2.45) is 0 Å². The van der Waals surface area contributed by atoms with Gasteiger partial charge in [0.15, 0.2) is 9.84 Å². The Morgan fingerprint density at radius 3 is 2.57 bits per heavy atom. The lowest BCUT2D eigenvalue weighted by Gasteiger charge is -2.44. The first kappa shape index (κ1) is 30.1. The summed E-state index contributed by atoms with van der Waals surface area (Å²) in [5.41, 5.74) is 1.84. The molecule has 2 aliphatic heterocycles. The number of thiophene rings is 1. The predicted octanol–water partition coefficient (Wildman–Crippen LogP) is 4.56. The molecule has 0 bridgehead atoms. The lowest BCUT2D eigenvalue weighted by atomic mass is 9.84. The summed E-state index contributed by atoms with van der Waals surface area (Å²) < 4.78 is 69.2. The number of nitrogens with one attached hydrogen (secondary N) is 1. The van der Waals surface area contributed by atoms with E-state index >= 15 is 0 Å². The number of allylic oxidation sites excluding steroid dienone is 1. The molecule has 0 radical (unpaired) electrons. The zero-order valence-electron chi connectivity index (χ0n) is 23.1. The van der Waals surface area contributed by atoms with E-state index in [1.54, 1.807) is 19.9 Å². The minimum Gasteiger partial charge on any atom is -0.486 e. The molecule has 1 spiro atoms. The average molecular weight is 622 g/mol. The number of piperidine rings is 1. The summed E-state index contributed by atoms with van der Waals surface area (Å²) in [6, 6.07) is 4.94. The molecule has 1 N–H and O–H groups in total. The number of aryl methyl sites for hydroxylation is 1. The van der Waals surface area contributed by atoms with E-state index in [0.29, 0.717) is 66.5 Å². The monoisotopic (exact) mass is 621 g/mol. The average Bonchev–Trinajstić information content (AvgIpc) is 3.39. The van der Waals surface area contributed by atoms with Crippen LogP contribution in [0.1, 0.15) is 62.7 Å².